The lowest BCUT2D eigenvalue weighted by atomic mass is 10.1. The Morgan fingerprint density at radius 1 is 0.653 bits per heavy atom. The van der Waals surface area contributed by atoms with E-state index in [1.54, 1.807) is 6.20 Å². The van der Waals surface area contributed by atoms with Gasteiger partial charge in [-0.15, -0.1) is 0 Å². The summed E-state index contributed by atoms with van der Waals surface area (Å²) >= 11 is 0. The number of ether oxygens (including phenoxy) is 2. The van der Waals surface area contributed by atoms with Crippen molar-refractivity contribution < 1.29 is 33.1 Å². The van der Waals surface area contributed by atoms with Crippen LogP contribution in [0.2, 0.25) is 0 Å². The summed E-state index contributed by atoms with van der Waals surface area (Å²) in [5, 5.41) is 5.91. The third-order valence-electron chi connectivity index (χ3n) is 9.95. The second kappa shape index (κ2) is 14.9. The Morgan fingerprint density at radius 2 is 1.14 bits per heavy atom. The van der Waals surface area contributed by atoms with Gasteiger partial charge >= 0.3 is 0 Å². The first-order valence-corrected chi connectivity index (χ1v) is 17.5. The summed E-state index contributed by atoms with van der Waals surface area (Å²) in [6.07, 6.45) is 8.15. The number of likely N-dealkylation sites (tertiary alicyclic amines) is 2. The number of benzene rings is 2. The van der Waals surface area contributed by atoms with Crippen LogP contribution in [0.4, 0.5) is 11.4 Å². The monoisotopic (exact) mass is 669 g/mol. The highest BCUT2D eigenvalue weighted by Gasteiger charge is 2.37. The average molecular weight is 670 g/mol. The van der Waals surface area contributed by atoms with Crippen LogP contribution in [0, 0.1) is 0 Å². The van der Waals surface area contributed by atoms with Crippen molar-refractivity contribution >= 4 is 35.0 Å². The largest absolute Gasteiger partial charge is 0.436 e. The first-order chi connectivity index (χ1) is 23.9. The van der Waals surface area contributed by atoms with Gasteiger partial charge in [0.05, 0.1) is 6.20 Å². The lowest BCUT2D eigenvalue weighted by Crippen LogP contribution is -2.43. The fraction of sp³-hybridized carbons (Fsp3) is 0.486. The summed E-state index contributed by atoms with van der Waals surface area (Å²) < 4.78 is 17.2. The van der Waals surface area contributed by atoms with E-state index in [9.17, 15) is 19.2 Å². The van der Waals surface area contributed by atoms with E-state index in [1.807, 2.05) is 58.3 Å². The van der Waals surface area contributed by atoms with E-state index in [4.69, 9.17) is 13.9 Å². The van der Waals surface area contributed by atoms with Crippen molar-refractivity contribution in [3.63, 3.8) is 0 Å². The van der Waals surface area contributed by atoms with E-state index in [1.165, 1.54) is 0 Å². The molecule has 4 aliphatic heterocycles. The summed E-state index contributed by atoms with van der Waals surface area (Å²) in [6.45, 7) is 2.59. The average Bonchev–Trinajstić information content (AvgIpc) is 3.95. The van der Waals surface area contributed by atoms with Crippen molar-refractivity contribution in [2.45, 2.75) is 88.5 Å². The maximum atomic E-state index is 12.9. The third kappa shape index (κ3) is 7.70. The molecule has 258 valence electrons. The molecule has 7 rings (SSSR count). The number of hydrogen-bond acceptors (Lipinski definition) is 8. The van der Waals surface area contributed by atoms with Gasteiger partial charge < -0.3 is 34.3 Å². The number of nitrogens with zero attached hydrogens (tertiary/aromatic N) is 3. The topological polar surface area (TPSA) is 143 Å². The van der Waals surface area contributed by atoms with Crippen molar-refractivity contribution in [3.8, 4) is 22.8 Å². The molecule has 0 unspecified atom stereocenters. The fourth-order valence-corrected chi connectivity index (χ4v) is 7.40. The van der Waals surface area contributed by atoms with Crippen molar-refractivity contribution in [2.24, 2.45) is 0 Å². The molecule has 12 nitrogen and oxygen atoms in total. The van der Waals surface area contributed by atoms with Crippen molar-refractivity contribution in [2.75, 3.05) is 36.9 Å². The van der Waals surface area contributed by atoms with Crippen molar-refractivity contribution in [1.82, 2.24) is 14.8 Å². The van der Waals surface area contributed by atoms with Gasteiger partial charge in [-0.25, -0.2) is 4.98 Å². The van der Waals surface area contributed by atoms with Crippen LogP contribution in [0.1, 0.15) is 64.2 Å². The zero-order valence-corrected chi connectivity index (χ0v) is 27.6. The van der Waals surface area contributed by atoms with Crippen molar-refractivity contribution in [1.29, 1.82) is 0 Å². The number of oxazole rings is 1. The summed E-state index contributed by atoms with van der Waals surface area (Å²) in [7, 11) is 0. The number of rotatable bonds is 10. The number of carbonyl (C=O) groups is 4. The highest BCUT2D eigenvalue weighted by molar-refractivity contribution is 5.93. The van der Waals surface area contributed by atoms with Crippen LogP contribution in [0.5, 0.6) is 0 Å². The SMILES string of the molecule is O=C(C[C@@H]1CCCN1C(=O)[C@H]1CCCO1)Nc1ccc(-c2cnc(-c3ccc(NC(=O)C[C@@H]4CCCN4C(=O)[C@H]4CCCO4)cc3)o2)cc1. The highest BCUT2D eigenvalue weighted by Crippen LogP contribution is 2.30. The highest BCUT2D eigenvalue weighted by atomic mass is 16.5. The minimum Gasteiger partial charge on any atom is -0.436 e. The molecule has 4 atom stereocenters. The van der Waals surface area contributed by atoms with Gasteiger partial charge in [0.15, 0.2) is 5.76 Å². The first kappa shape index (κ1) is 33.0. The smallest absolute Gasteiger partial charge is 0.251 e. The maximum absolute atomic E-state index is 12.9. The van der Waals surface area contributed by atoms with Crippen LogP contribution >= 0.6 is 0 Å². The molecule has 12 heteroatoms. The minimum atomic E-state index is -0.366. The Balaban J connectivity index is 0.895. The van der Waals surface area contributed by atoms with E-state index < -0.39 is 0 Å². The van der Waals surface area contributed by atoms with Crippen LogP contribution in [0.25, 0.3) is 22.8 Å². The molecule has 3 aromatic rings. The van der Waals surface area contributed by atoms with Gasteiger partial charge in [-0.2, -0.15) is 0 Å². The number of amides is 4. The Kier molecular flexibility index (Phi) is 10.0. The van der Waals surface area contributed by atoms with Crippen LogP contribution in [-0.2, 0) is 28.7 Å². The van der Waals surface area contributed by atoms with E-state index >= 15 is 0 Å². The molecular formula is C37H43N5O7. The Morgan fingerprint density at radius 3 is 1.61 bits per heavy atom. The van der Waals surface area contributed by atoms with Gasteiger partial charge in [-0.05, 0) is 99.9 Å². The summed E-state index contributed by atoms with van der Waals surface area (Å²) in [4.78, 5) is 59.5. The third-order valence-corrected chi connectivity index (χ3v) is 9.95. The molecule has 4 fully saturated rings. The van der Waals surface area contributed by atoms with Crippen LogP contribution < -0.4 is 10.6 Å². The van der Waals surface area contributed by atoms with Gasteiger partial charge in [0.2, 0.25) is 17.7 Å². The zero-order chi connectivity index (χ0) is 33.7. The van der Waals surface area contributed by atoms with Gasteiger partial charge in [-0.1, -0.05) is 0 Å². The molecular weight excluding hydrogens is 626 g/mol. The van der Waals surface area contributed by atoms with Gasteiger partial charge in [-0.3, -0.25) is 19.2 Å². The zero-order valence-electron chi connectivity index (χ0n) is 27.6. The molecule has 2 N–H and O–H groups in total. The molecule has 4 saturated heterocycles. The summed E-state index contributed by atoms with van der Waals surface area (Å²) in [5.41, 5.74) is 2.89. The number of hydrogen-bond donors (Lipinski definition) is 2. The summed E-state index contributed by atoms with van der Waals surface area (Å²) in [5.74, 6) is 0.788. The van der Waals surface area contributed by atoms with Gasteiger partial charge in [0, 0.05) is 73.7 Å². The molecule has 49 heavy (non-hydrogen) atoms. The quantitative estimate of drug-likeness (QED) is 0.307. The predicted octanol–water partition coefficient (Wildman–Crippen LogP) is 5.01. The molecule has 4 amide bonds. The molecule has 0 saturated carbocycles. The molecule has 5 heterocycles. The van der Waals surface area contributed by atoms with Crippen molar-refractivity contribution in [3.05, 3.63) is 54.7 Å². The van der Waals surface area contributed by atoms with Crippen LogP contribution in [0.15, 0.2) is 59.1 Å². The lowest BCUT2D eigenvalue weighted by Gasteiger charge is -2.26. The molecule has 2 aromatic carbocycles. The fourth-order valence-electron chi connectivity index (χ4n) is 7.40. The molecule has 1 aromatic heterocycles. The lowest BCUT2D eigenvalue weighted by molar-refractivity contribution is -0.143. The van der Waals surface area contributed by atoms with Crippen LogP contribution in [-0.4, -0.2) is 89.0 Å². The first-order valence-electron chi connectivity index (χ1n) is 17.5. The number of anilines is 2. The Labute approximate surface area is 285 Å². The Bertz CT molecular complexity index is 1520. The second-order valence-corrected chi connectivity index (χ2v) is 13.3. The molecule has 0 spiro atoms. The molecule has 0 bridgehead atoms. The van der Waals surface area contributed by atoms with Crippen LogP contribution in [0.3, 0.4) is 0 Å². The van der Waals surface area contributed by atoms with Gasteiger partial charge in [0.1, 0.15) is 12.2 Å². The van der Waals surface area contributed by atoms with E-state index in [-0.39, 0.29) is 60.8 Å². The maximum Gasteiger partial charge on any atom is 0.251 e. The standard InChI is InChI=1S/C37H43N5O7/c43-33(21-28-5-1-17-41(28)36(45)30-7-3-19-47-30)39-26-13-9-24(10-14-26)32-23-38-35(49-32)25-11-15-27(16-12-25)40-34(44)22-29-6-2-18-42(29)37(46)31-8-4-20-48-31/h9-16,23,28-31H,1-8,17-22H2,(H,39,43)(H,40,44)/t28-,29-,30+,31+/m0/s1. The summed E-state index contributed by atoms with van der Waals surface area (Å²) in [6, 6.07) is 14.4. The van der Waals surface area contributed by atoms with E-state index in [0.29, 0.717) is 49.3 Å². The molecule has 0 radical (unpaired) electrons. The van der Waals surface area contributed by atoms with E-state index in [2.05, 4.69) is 15.6 Å². The second-order valence-electron chi connectivity index (χ2n) is 13.3. The predicted molar refractivity (Wildman–Crippen MR) is 181 cm³/mol. The number of carbonyl (C=O) groups excluding carboxylic acids is 4. The Hall–Kier alpha value is -4.55. The molecule has 0 aliphatic carbocycles. The van der Waals surface area contributed by atoms with Gasteiger partial charge in [0.25, 0.3) is 11.8 Å². The number of aromatic nitrogens is 1. The minimum absolute atomic E-state index is 0.0110. The van der Waals surface area contributed by atoms with E-state index in [0.717, 1.165) is 62.5 Å². The molecule has 4 aliphatic rings. The normalized spacial score (nSPS) is 23.6. The number of nitrogens with one attached hydrogen (secondary N) is 2.